The number of hydrogen-bond donors (Lipinski definition) is 2. The maximum absolute atomic E-state index is 9.22. The van der Waals surface area contributed by atoms with Gasteiger partial charge in [0, 0.05) is 24.7 Å². The van der Waals surface area contributed by atoms with Crippen molar-refractivity contribution in [2.24, 2.45) is 0 Å². The summed E-state index contributed by atoms with van der Waals surface area (Å²) < 4.78 is 0. The van der Waals surface area contributed by atoms with Crippen molar-refractivity contribution < 1.29 is 5.11 Å². The van der Waals surface area contributed by atoms with Crippen molar-refractivity contribution in [1.29, 1.82) is 0 Å². The summed E-state index contributed by atoms with van der Waals surface area (Å²) in [4.78, 5) is 2.32. The number of nitrogens with zero attached hydrogens (tertiary/aromatic N) is 1. The standard InChI is InChI=1S/C11H24N2O/c1-4-9(2)13(3)7-11(8-14)12-10-5-6-10/h9-12,14H,4-8H2,1-3H3. The summed E-state index contributed by atoms with van der Waals surface area (Å²) in [6.07, 6.45) is 3.73. The highest BCUT2D eigenvalue weighted by molar-refractivity contribution is 4.86. The quantitative estimate of drug-likeness (QED) is 0.639. The zero-order valence-corrected chi connectivity index (χ0v) is 9.66. The van der Waals surface area contributed by atoms with Gasteiger partial charge in [0.1, 0.15) is 0 Å². The monoisotopic (exact) mass is 200 g/mol. The van der Waals surface area contributed by atoms with E-state index < -0.39 is 0 Å². The second-order valence-electron chi connectivity index (χ2n) is 4.52. The molecule has 0 aromatic rings. The fourth-order valence-electron chi connectivity index (χ4n) is 1.59. The molecule has 1 aliphatic carbocycles. The van der Waals surface area contributed by atoms with Crippen LogP contribution in [0.2, 0.25) is 0 Å². The minimum Gasteiger partial charge on any atom is -0.395 e. The maximum atomic E-state index is 9.22. The van der Waals surface area contributed by atoms with Gasteiger partial charge >= 0.3 is 0 Å². The van der Waals surface area contributed by atoms with Gasteiger partial charge in [0.25, 0.3) is 0 Å². The molecule has 2 atom stereocenters. The van der Waals surface area contributed by atoms with Crippen molar-refractivity contribution in [3.05, 3.63) is 0 Å². The van der Waals surface area contributed by atoms with Crippen molar-refractivity contribution in [3.63, 3.8) is 0 Å². The molecule has 0 bridgehead atoms. The lowest BCUT2D eigenvalue weighted by atomic mass is 10.2. The van der Waals surface area contributed by atoms with Crippen molar-refractivity contribution in [2.45, 2.75) is 51.2 Å². The summed E-state index contributed by atoms with van der Waals surface area (Å²) in [5.41, 5.74) is 0. The summed E-state index contributed by atoms with van der Waals surface area (Å²) in [6, 6.07) is 1.53. The van der Waals surface area contributed by atoms with E-state index in [1.807, 2.05) is 0 Å². The number of likely N-dealkylation sites (N-methyl/N-ethyl adjacent to an activating group) is 1. The van der Waals surface area contributed by atoms with Crippen LogP contribution in [-0.4, -0.2) is 48.3 Å². The fraction of sp³-hybridized carbons (Fsp3) is 1.00. The molecule has 1 fully saturated rings. The van der Waals surface area contributed by atoms with Crippen LogP contribution in [0, 0.1) is 0 Å². The van der Waals surface area contributed by atoms with Gasteiger partial charge in [-0.15, -0.1) is 0 Å². The summed E-state index contributed by atoms with van der Waals surface area (Å²) in [5, 5.41) is 12.7. The van der Waals surface area contributed by atoms with E-state index in [0.29, 0.717) is 12.1 Å². The molecule has 0 heterocycles. The molecular formula is C11H24N2O. The van der Waals surface area contributed by atoms with Gasteiger partial charge in [-0.1, -0.05) is 6.92 Å². The van der Waals surface area contributed by atoms with Crippen molar-refractivity contribution in [3.8, 4) is 0 Å². The molecule has 0 aliphatic heterocycles. The number of nitrogens with one attached hydrogen (secondary N) is 1. The highest BCUT2D eigenvalue weighted by atomic mass is 16.3. The Hall–Kier alpha value is -0.120. The lowest BCUT2D eigenvalue weighted by Gasteiger charge is -2.28. The van der Waals surface area contributed by atoms with Crippen molar-refractivity contribution in [1.82, 2.24) is 10.2 Å². The third-order valence-corrected chi connectivity index (χ3v) is 3.12. The SMILES string of the molecule is CCC(C)N(C)CC(CO)NC1CC1. The molecule has 1 saturated carbocycles. The van der Waals surface area contributed by atoms with Gasteiger partial charge in [-0.3, -0.25) is 0 Å². The Balaban J connectivity index is 2.23. The van der Waals surface area contributed by atoms with Crippen LogP contribution in [0.5, 0.6) is 0 Å². The number of aliphatic hydroxyl groups is 1. The molecule has 0 aromatic heterocycles. The topological polar surface area (TPSA) is 35.5 Å². The number of rotatable bonds is 7. The molecule has 0 amide bonds. The maximum Gasteiger partial charge on any atom is 0.0597 e. The summed E-state index contributed by atoms with van der Waals surface area (Å²) in [7, 11) is 2.13. The van der Waals surface area contributed by atoms with E-state index >= 15 is 0 Å². The van der Waals surface area contributed by atoms with Gasteiger partial charge in [0.15, 0.2) is 0 Å². The van der Waals surface area contributed by atoms with Crippen LogP contribution in [0.4, 0.5) is 0 Å². The van der Waals surface area contributed by atoms with E-state index in [2.05, 4.69) is 31.1 Å². The summed E-state index contributed by atoms with van der Waals surface area (Å²) in [6.45, 7) is 5.62. The minimum absolute atomic E-state index is 0.247. The Kier molecular flexibility index (Phi) is 4.85. The van der Waals surface area contributed by atoms with Gasteiger partial charge in [-0.2, -0.15) is 0 Å². The second-order valence-corrected chi connectivity index (χ2v) is 4.52. The number of hydrogen-bond acceptors (Lipinski definition) is 3. The third-order valence-electron chi connectivity index (χ3n) is 3.12. The van der Waals surface area contributed by atoms with Crippen LogP contribution in [-0.2, 0) is 0 Å². The second kappa shape index (κ2) is 5.69. The third kappa shape index (κ3) is 3.95. The predicted molar refractivity (Wildman–Crippen MR) is 59.4 cm³/mol. The van der Waals surface area contributed by atoms with Crippen LogP contribution >= 0.6 is 0 Å². The summed E-state index contributed by atoms with van der Waals surface area (Å²) >= 11 is 0. The molecule has 84 valence electrons. The van der Waals surface area contributed by atoms with E-state index in [-0.39, 0.29) is 12.6 Å². The van der Waals surface area contributed by atoms with Gasteiger partial charge < -0.3 is 15.3 Å². The van der Waals surface area contributed by atoms with E-state index in [1.165, 1.54) is 12.8 Å². The lowest BCUT2D eigenvalue weighted by Crippen LogP contribution is -2.45. The van der Waals surface area contributed by atoms with Crippen molar-refractivity contribution in [2.75, 3.05) is 20.2 Å². The van der Waals surface area contributed by atoms with Gasteiger partial charge in [0.05, 0.1) is 6.61 Å². The first-order valence-corrected chi connectivity index (χ1v) is 5.74. The van der Waals surface area contributed by atoms with E-state index in [9.17, 15) is 5.11 Å². The van der Waals surface area contributed by atoms with Crippen LogP contribution in [0.3, 0.4) is 0 Å². The lowest BCUT2D eigenvalue weighted by molar-refractivity contribution is 0.171. The first kappa shape index (κ1) is 12.0. The van der Waals surface area contributed by atoms with Crippen LogP contribution in [0.15, 0.2) is 0 Å². The molecule has 1 aliphatic rings. The average Bonchev–Trinajstić information content (AvgIpc) is 2.99. The molecule has 3 nitrogen and oxygen atoms in total. The predicted octanol–water partition coefficient (Wildman–Crippen LogP) is 0.830. The molecule has 2 unspecified atom stereocenters. The van der Waals surface area contributed by atoms with E-state index in [1.54, 1.807) is 0 Å². The molecule has 0 aromatic carbocycles. The molecule has 2 N–H and O–H groups in total. The van der Waals surface area contributed by atoms with Gasteiger partial charge in [-0.25, -0.2) is 0 Å². The zero-order chi connectivity index (χ0) is 10.6. The Morgan fingerprint density at radius 2 is 2.14 bits per heavy atom. The molecular weight excluding hydrogens is 176 g/mol. The molecule has 1 rings (SSSR count). The Labute approximate surface area is 87.5 Å². The Morgan fingerprint density at radius 1 is 1.50 bits per heavy atom. The largest absolute Gasteiger partial charge is 0.395 e. The Morgan fingerprint density at radius 3 is 2.57 bits per heavy atom. The molecule has 0 spiro atoms. The minimum atomic E-state index is 0.247. The average molecular weight is 200 g/mol. The van der Waals surface area contributed by atoms with Crippen molar-refractivity contribution >= 4 is 0 Å². The molecule has 0 radical (unpaired) electrons. The molecule has 3 heteroatoms. The first-order chi connectivity index (χ1) is 6.67. The zero-order valence-electron chi connectivity index (χ0n) is 9.66. The molecule has 0 saturated heterocycles. The fourth-order valence-corrected chi connectivity index (χ4v) is 1.59. The number of aliphatic hydroxyl groups excluding tert-OH is 1. The normalized spacial score (nSPS) is 21.2. The Bertz CT molecular complexity index is 159. The summed E-state index contributed by atoms with van der Waals surface area (Å²) in [5.74, 6) is 0. The van der Waals surface area contributed by atoms with Crippen LogP contribution in [0.25, 0.3) is 0 Å². The van der Waals surface area contributed by atoms with E-state index in [0.717, 1.165) is 13.0 Å². The highest BCUT2D eigenvalue weighted by Crippen LogP contribution is 2.19. The van der Waals surface area contributed by atoms with Gasteiger partial charge in [0.2, 0.25) is 0 Å². The smallest absolute Gasteiger partial charge is 0.0597 e. The van der Waals surface area contributed by atoms with Gasteiger partial charge in [-0.05, 0) is 33.2 Å². The van der Waals surface area contributed by atoms with E-state index in [4.69, 9.17) is 0 Å². The van der Waals surface area contributed by atoms with Crippen LogP contribution < -0.4 is 5.32 Å². The first-order valence-electron chi connectivity index (χ1n) is 5.74. The van der Waals surface area contributed by atoms with Crippen LogP contribution in [0.1, 0.15) is 33.1 Å². The highest BCUT2D eigenvalue weighted by Gasteiger charge is 2.25. The molecule has 14 heavy (non-hydrogen) atoms.